The first-order valence-corrected chi connectivity index (χ1v) is 7.05. The number of nitrogens with one attached hydrogen (secondary N) is 1. The van der Waals surface area contributed by atoms with Crippen molar-refractivity contribution >= 4 is 11.3 Å². The van der Waals surface area contributed by atoms with E-state index in [0.29, 0.717) is 0 Å². The van der Waals surface area contributed by atoms with Crippen molar-refractivity contribution in [2.75, 3.05) is 0 Å². The molecule has 3 heteroatoms. The lowest BCUT2D eigenvalue weighted by Gasteiger charge is -2.17. The Morgan fingerprint density at radius 1 is 1.28 bits per heavy atom. The zero-order valence-corrected chi connectivity index (χ0v) is 11.6. The Morgan fingerprint density at radius 2 is 2.11 bits per heavy atom. The number of hydrogen-bond acceptors (Lipinski definition) is 2. The predicted octanol–water partition coefficient (Wildman–Crippen LogP) is 4.44. The molecular weight excluding hydrogens is 245 g/mol. The van der Waals surface area contributed by atoms with Gasteiger partial charge in [0.15, 0.2) is 0 Å². The molecule has 0 aliphatic carbocycles. The van der Waals surface area contributed by atoms with E-state index < -0.39 is 0 Å². The van der Waals surface area contributed by atoms with Crippen LogP contribution in [0.3, 0.4) is 0 Å². The first-order chi connectivity index (χ1) is 8.69. The lowest BCUT2D eigenvalue weighted by molar-refractivity contribution is 0.517. The van der Waals surface area contributed by atoms with Gasteiger partial charge in [-0.05, 0) is 43.2 Å². The maximum atomic E-state index is 13.2. The highest BCUT2D eigenvalue weighted by Gasteiger charge is 2.09. The first kappa shape index (κ1) is 13.2. The van der Waals surface area contributed by atoms with Gasteiger partial charge in [0.25, 0.3) is 0 Å². The van der Waals surface area contributed by atoms with Crippen LogP contribution in [0.1, 0.15) is 34.7 Å². The van der Waals surface area contributed by atoms with Crippen LogP contribution in [0.5, 0.6) is 0 Å². The zero-order valence-electron chi connectivity index (χ0n) is 10.7. The fourth-order valence-electron chi connectivity index (χ4n) is 2.03. The van der Waals surface area contributed by atoms with E-state index in [-0.39, 0.29) is 11.9 Å². The van der Waals surface area contributed by atoms with Gasteiger partial charge >= 0.3 is 0 Å². The maximum absolute atomic E-state index is 13.2. The molecule has 2 aromatic rings. The monoisotopic (exact) mass is 263 g/mol. The zero-order chi connectivity index (χ0) is 13.0. The summed E-state index contributed by atoms with van der Waals surface area (Å²) >= 11 is 1.80. The predicted molar refractivity (Wildman–Crippen MR) is 75.3 cm³/mol. The summed E-state index contributed by atoms with van der Waals surface area (Å²) < 4.78 is 13.2. The molecule has 0 fully saturated rings. The minimum atomic E-state index is -0.167. The molecule has 96 valence electrons. The Morgan fingerprint density at radius 3 is 2.72 bits per heavy atom. The van der Waals surface area contributed by atoms with Gasteiger partial charge in [-0.1, -0.05) is 19.1 Å². The lowest BCUT2D eigenvalue weighted by atomic mass is 10.0. The van der Waals surface area contributed by atoms with Crippen LogP contribution < -0.4 is 5.32 Å². The highest BCUT2D eigenvalue weighted by Crippen LogP contribution is 2.20. The molecule has 0 saturated heterocycles. The molecule has 1 heterocycles. The second kappa shape index (κ2) is 6.12. The minimum absolute atomic E-state index is 0.167. The lowest BCUT2D eigenvalue weighted by Crippen LogP contribution is -2.19. The van der Waals surface area contributed by atoms with Crippen LogP contribution in [0, 0.1) is 12.7 Å². The van der Waals surface area contributed by atoms with Crippen molar-refractivity contribution < 1.29 is 4.39 Å². The van der Waals surface area contributed by atoms with E-state index in [4.69, 9.17) is 0 Å². The fraction of sp³-hybridized carbons (Fsp3) is 0.333. The summed E-state index contributed by atoms with van der Waals surface area (Å²) in [7, 11) is 0. The van der Waals surface area contributed by atoms with Crippen LogP contribution in [0.25, 0.3) is 0 Å². The molecule has 1 nitrogen and oxygen atoms in total. The number of hydrogen-bond donors (Lipinski definition) is 1. The van der Waals surface area contributed by atoms with Gasteiger partial charge in [-0.3, -0.25) is 0 Å². The van der Waals surface area contributed by atoms with Crippen molar-refractivity contribution in [2.45, 2.75) is 32.9 Å². The van der Waals surface area contributed by atoms with Crippen LogP contribution in [0.2, 0.25) is 0 Å². The normalized spacial score (nSPS) is 12.6. The van der Waals surface area contributed by atoms with E-state index in [1.165, 1.54) is 15.8 Å². The Hall–Kier alpha value is -1.19. The number of halogens is 1. The fourth-order valence-corrected chi connectivity index (χ4v) is 2.87. The van der Waals surface area contributed by atoms with Crippen molar-refractivity contribution in [2.24, 2.45) is 0 Å². The summed E-state index contributed by atoms with van der Waals surface area (Å²) in [6.45, 7) is 5.06. The van der Waals surface area contributed by atoms with E-state index in [1.54, 1.807) is 23.5 Å². The molecule has 1 atom stereocenters. The second-order valence-electron chi connectivity index (χ2n) is 4.41. The van der Waals surface area contributed by atoms with Crippen LogP contribution >= 0.6 is 11.3 Å². The molecular formula is C15H18FNS. The van der Waals surface area contributed by atoms with E-state index in [2.05, 4.69) is 31.3 Å². The summed E-state index contributed by atoms with van der Waals surface area (Å²) in [6, 6.07) is 11.3. The van der Waals surface area contributed by atoms with Crippen LogP contribution in [-0.2, 0) is 6.54 Å². The van der Waals surface area contributed by atoms with Gasteiger partial charge < -0.3 is 5.32 Å². The van der Waals surface area contributed by atoms with Gasteiger partial charge in [0.2, 0.25) is 0 Å². The van der Waals surface area contributed by atoms with Crippen molar-refractivity contribution in [1.29, 1.82) is 0 Å². The SMILES string of the molecule is CCC(NCc1ccc(C)s1)c1cccc(F)c1. The number of benzene rings is 1. The van der Waals surface area contributed by atoms with Gasteiger partial charge in [0.1, 0.15) is 5.82 Å². The molecule has 2 rings (SSSR count). The molecule has 18 heavy (non-hydrogen) atoms. The van der Waals surface area contributed by atoms with E-state index >= 15 is 0 Å². The molecule has 0 radical (unpaired) electrons. The number of rotatable bonds is 5. The summed E-state index contributed by atoms with van der Waals surface area (Å²) in [5, 5.41) is 3.49. The summed E-state index contributed by atoms with van der Waals surface area (Å²) in [5.41, 5.74) is 1.02. The van der Waals surface area contributed by atoms with Gasteiger partial charge in [-0.2, -0.15) is 0 Å². The third-order valence-electron chi connectivity index (χ3n) is 2.98. The van der Waals surface area contributed by atoms with Crippen molar-refractivity contribution in [3.63, 3.8) is 0 Å². The Balaban J connectivity index is 2.01. The number of aryl methyl sites for hydroxylation is 1. The van der Waals surface area contributed by atoms with E-state index in [9.17, 15) is 4.39 Å². The van der Waals surface area contributed by atoms with Crippen molar-refractivity contribution in [3.8, 4) is 0 Å². The van der Waals surface area contributed by atoms with Gasteiger partial charge in [-0.25, -0.2) is 4.39 Å². The molecule has 0 bridgehead atoms. The average molecular weight is 263 g/mol. The smallest absolute Gasteiger partial charge is 0.123 e. The molecule has 0 aliphatic rings. The quantitative estimate of drug-likeness (QED) is 0.841. The second-order valence-corrected chi connectivity index (χ2v) is 5.78. The van der Waals surface area contributed by atoms with E-state index in [0.717, 1.165) is 18.5 Å². The Labute approximate surface area is 112 Å². The Bertz CT molecular complexity index is 507. The van der Waals surface area contributed by atoms with Gasteiger partial charge in [0.05, 0.1) is 0 Å². The molecule has 1 unspecified atom stereocenters. The third-order valence-corrected chi connectivity index (χ3v) is 3.98. The largest absolute Gasteiger partial charge is 0.305 e. The Kier molecular flexibility index (Phi) is 4.50. The highest BCUT2D eigenvalue weighted by atomic mass is 32.1. The van der Waals surface area contributed by atoms with E-state index in [1.807, 2.05) is 6.07 Å². The van der Waals surface area contributed by atoms with Crippen LogP contribution in [0.4, 0.5) is 4.39 Å². The van der Waals surface area contributed by atoms with Gasteiger partial charge in [-0.15, -0.1) is 11.3 Å². The summed E-state index contributed by atoms with van der Waals surface area (Å²) in [5.74, 6) is -0.167. The standard InChI is InChI=1S/C15H18FNS/c1-3-15(12-5-4-6-13(16)9-12)17-10-14-8-7-11(2)18-14/h4-9,15,17H,3,10H2,1-2H3. The maximum Gasteiger partial charge on any atom is 0.123 e. The molecule has 0 spiro atoms. The number of thiophene rings is 1. The van der Waals surface area contributed by atoms with Crippen molar-refractivity contribution in [3.05, 3.63) is 57.5 Å². The molecule has 1 aromatic heterocycles. The average Bonchev–Trinajstić information content (AvgIpc) is 2.76. The molecule has 1 aromatic carbocycles. The highest BCUT2D eigenvalue weighted by molar-refractivity contribution is 7.11. The molecule has 0 amide bonds. The molecule has 0 saturated carbocycles. The topological polar surface area (TPSA) is 12.0 Å². The first-order valence-electron chi connectivity index (χ1n) is 6.23. The molecule has 0 aliphatic heterocycles. The summed E-state index contributed by atoms with van der Waals surface area (Å²) in [6.07, 6.45) is 0.952. The minimum Gasteiger partial charge on any atom is -0.305 e. The van der Waals surface area contributed by atoms with Crippen molar-refractivity contribution in [1.82, 2.24) is 5.32 Å². The van der Waals surface area contributed by atoms with Gasteiger partial charge in [0, 0.05) is 22.3 Å². The summed E-state index contributed by atoms with van der Waals surface area (Å²) in [4.78, 5) is 2.65. The van der Waals surface area contributed by atoms with Crippen LogP contribution in [-0.4, -0.2) is 0 Å². The van der Waals surface area contributed by atoms with Crippen LogP contribution in [0.15, 0.2) is 36.4 Å². The third kappa shape index (κ3) is 3.40. The molecule has 1 N–H and O–H groups in total.